The molecule has 62 heavy (non-hydrogen) atoms. The molecule has 0 aromatic rings. The number of ether oxygens (including phenoxy) is 10. The molecule has 0 aromatic carbocycles. The normalized spacial score (nSPS) is 49.6. The van der Waals surface area contributed by atoms with Crippen molar-refractivity contribution in [2.45, 2.75) is 211 Å². The highest BCUT2D eigenvalue weighted by Gasteiger charge is 2.71. The summed E-state index contributed by atoms with van der Waals surface area (Å²) >= 11 is 0. The predicted octanol–water partition coefficient (Wildman–Crippen LogP) is 4.69. The van der Waals surface area contributed by atoms with Crippen LogP contribution in [-0.4, -0.2) is 146 Å². The quantitative estimate of drug-likeness (QED) is 0.139. The van der Waals surface area contributed by atoms with E-state index in [-0.39, 0.29) is 41.2 Å². The van der Waals surface area contributed by atoms with Gasteiger partial charge in [-0.05, 0) is 104 Å². The maximum atomic E-state index is 13.3. The van der Waals surface area contributed by atoms with Crippen LogP contribution in [0.25, 0.3) is 0 Å². The Hall–Kier alpha value is -1.86. The third kappa shape index (κ3) is 8.42. The van der Waals surface area contributed by atoms with E-state index in [9.17, 15) is 24.9 Å². The smallest absolute Gasteiger partial charge is 0.333 e. The van der Waals surface area contributed by atoms with Crippen molar-refractivity contribution < 1.29 is 72.3 Å². The molecule has 352 valence electrons. The number of rotatable bonds is 12. The summed E-state index contributed by atoms with van der Waals surface area (Å²) < 4.78 is 61.8. The number of esters is 1. The van der Waals surface area contributed by atoms with Crippen LogP contribution in [-0.2, 0) is 57.0 Å². The van der Waals surface area contributed by atoms with E-state index in [1.807, 2.05) is 27.7 Å². The van der Waals surface area contributed by atoms with Gasteiger partial charge in [0.2, 0.25) is 0 Å². The number of carbonyl (C=O) groups is 2. The lowest BCUT2D eigenvalue weighted by molar-refractivity contribution is -0.352. The summed E-state index contributed by atoms with van der Waals surface area (Å²) in [5.74, 6) is -0.727. The molecular formula is C47H74O15. The molecule has 3 N–H and O–H groups in total. The average Bonchev–Trinajstić information content (AvgIpc) is 3.53. The van der Waals surface area contributed by atoms with Gasteiger partial charge < -0.3 is 62.7 Å². The number of carbonyl (C=O) groups excluding carboxylic acids is 2. The zero-order valence-corrected chi connectivity index (χ0v) is 38.7. The van der Waals surface area contributed by atoms with Gasteiger partial charge in [-0.3, -0.25) is 4.79 Å². The summed E-state index contributed by atoms with van der Waals surface area (Å²) in [5, 5.41) is 34.1. The zero-order chi connectivity index (χ0) is 45.1. The van der Waals surface area contributed by atoms with Gasteiger partial charge >= 0.3 is 5.97 Å². The van der Waals surface area contributed by atoms with Crippen molar-refractivity contribution in [3.63, 3.8) is 0 Å². The molecule has 0 aromatic heterocycles. The Morgan fingerprint density at radius 3 is 2.00 bits per heavy atom. The number of fused-ring (bicyclic) bond motifs is 5. The molecule has 2 unspecified atom stereocenters. The Morgan fingerprint density at radius 2 is 1.40 bits per heavy atom. The second-order valence-electron chi connectivity index (χ2n) is 19.8. The Balaban J connectivity index is 0.980. The summed E-state index contributed by atoms with van der Waals surface area (Å²) in [6, 6.07) is 0. The Morgan fingerprint density at radius 1 is 0.774 bits per heavy atom. The molecule has 3 aliphatic heterocycles. The number of allylic oxidation sites excluding steroid dienone is 2. The first kappa shape index (κ1) is 48.1. The largest absolute Gasteiger partial charge is 0.458 e. The van der Waals surface area contributed by atoms with E-state index in [0.717, 1.165) is 19.3 Å². The molecule has 21 atom stereocenters. The standard InChI is InChI=1S/C47H74O15/c1-12-23(2)43(51)60-35-20-32-31(47(52)18-16-30(24(3)48)46(35,47)8)14-13-28-19-29(15-17-45(28,32)7)59-36-21-33(53-9)40(26(5)56-36)61-37-22-34(54-10)41(27(6)57-37)62-44-39(50)42(55-11)38(49)25(4)58-44/h12-13,25-27,29-42,44,49-50,52H,14-22H2,1-11H3/b23-12+/t25-,26-,27-,29+,30-,31?,32?,33+,34+,35-,36+,37+,38-,39-,40-,41-,42-,44-,45+,46+,47+/m1/s1. The summed E-state index contributed by atoms with van der Waals surface area (Å²) in [7, 11) is 4.68. The highest BCUT2D eigenvalue weighted by molar-refractivity contribution is 5.88. The summed E-state index contributed by atoms with van der Waals surface area (Å²) in [6.45, 7) is 15.0. The van der Waals surface area contributed by atoms with Gasteiger partial charge in [0.15, 0.2) is 18.9 Å². The molecule has 3 heterocycles. The lowest BCUT2D eigenvalue weighted by Gasteiger charge is -2.63. The number of methoxy groups -OCH3 is 3. The SMILES string of the molecule is C/C=C(\C)C(=O)O[C@@H]1CC2C(CC=C3C[C@@H](O[C@H]4C[C@H](OC)[C@H](O[C@H]5C[C@H](OC)[C@H](O[C@H]6O[C@H](C)[C@@H](O)[C@@H](OC)[C@H]6O)[C@@H](C)O5)[C@@H](C)O4)CC[C@@]32C)[C@@]2(O)CC[C@H](C(C)=O)[C@@]12C. The van der Waals surface area contributed by atoms with Gasteiger partial charge in [0, 0.05) is 51.1 Å². The molecular weight excluding hydrogens is 805 g/mol. The van der Waals surface area contributed by atoms with E-state index in [2.05, 4.69) is 13.0 Å². The van der Waals surface area contributed by atoms with Crippen molar-refractivity contribution in [1.29, 1.82) is 0 Å². The summed E-state index contributed by atoms with van der Waals surface area (Å²) in [5.41, 5.74) is -0.439. The third-order valence-electron chi connectivity index (χ3n) is 16.6. The van der Waals surface area contributed by atoms with E-state index in [0.29, 0.717) is 44.1 Å². The maximum absolute atomic E-state index is 13.3. The van der Waals surface area contributed by atoms with Crippen LogP contribution >= 0.6 is 0 Å². The Labute approximate surface area is 367 Å². The summed E-state index contributed by atoms with van der Waals surface area (Å²) in [6.07, 6.45) is 0.173. The van der Waals surface area contributed by atoms with Gasteiger partial charge in [0.05, 0.1) is 42.2 Å². The fraction of sp³-hybridized carbons (Fsp3) is 0.872. The molecule has 7 aliphatic rings. The van der Waals surface area contributed by atoms with Crippen LogP contribution in [0.1, 0.15) is 113 Å². The number of Topliss-reactive ketones (excluding diaryl/α,β-unsaturated/α-hetero) is 1. The predicted molar refractivity (Wildman–Crippen MR) is 223 cm³/mol. The molecule has 0 amide bonds. The molecule has 7 rings (SSSR count). The molecule has 4 aliphatic carbocycles. The van der Waals surface area contributed by atoms with E-state index < -0.39 is 96.9 Å². The van der Waals surface area contributed by atoms with Crippen LogP contribution in [0.2, 0.25) is 0 Å². The number of hydrogen-bond donors (Lipinski definition) is 3. The van der Waals surface area contributed by atoms with Crippen molar-refractivity contribution in [3.8, 4) is 0 Å². The molecule has 3 saturated carbocycles. The minimum absolute atomic E-state index is 0.0391. The van der Waals surface area contributed by atoms with Crippen LogP contribution in [0.5, 0.6) is 0 Å². The van der Waals surface area contributed by atoms with Gasteiger partial charge in [0.1, 0.15) is 42.4 Å². The topological polar surface area (TPSA) is 187 Å². The van der Waals surface area contributed by atoms with Crippen molar-refractivity contribution >= 4 is 11.8 Å². The van der Waals surface area contributed by atoms with Crippen LogP contribution in [0.15, 0.2) is 23.3 Å². The van der Waals surface area contributed by atoms with Gasteiger partial charge in [-0.2, -0.15) is 0 Å². The van der Waals surface area contributed by atoms with Crippen molar-refractivity contribution in [3.05, 3.63) is 23.3 Å². The van der Waals surface area contributed by atoms with Crippen molar-refractivity contribution in [2.75, 3.05) is 21.3 Å². The lowest BCUT2D eigenvalue weighted by atomic mass is 9.45. The molecule has 6 fully saturated rings. The van der Waals surface area contributed by atoms with E-state index in [1.54, 1.807) is 41.1 Å². The van der Waals surface area contributed by atoms with Gasteiger partial charge in [-0.1, -0.05) is 31.6 Å². The molecule has 0 bridgehead atoms. The monoisotopic (exact) mass is 879 g/mol. The highest BCUT2D eigenvalue weighted by Crippen LogP contribution is 2.68. The second-order valence-corrected chi connectivity index (χ2v) is 19.8. The van der Waals surface area contributed by atoms with Crippen LogP contribution in [0.4, 0.5) is 0 Å². The average molecular weight is 879 g/mol. The van der Waals surface area contributed by atoms with E-state index in [4.69, 9.17) is 47.4 Å². The maximum Gasteiger partial charge on any atom is 0.333 e. The number of hydrogen-bond acceptors (Lipinski definition) is 15. The third-order valence-corrected chi connectivity index (χ3v) is 16.6. The zero-order valence-electron chi connectivity index (χ0n) is 38.7. The number of ketones is 1. The Bertz CT molecular complexity index is 1670. The highest BCUT2D eigenvalue weighted by atomic mass is 16.8. The van der Waals surface area contributed by atoms with Gasteiger partial charge in [-0.15, -0.1) is 0 Å². The first-order valence-electron chi connectivity index (χ1n) is 23.0. The minimum Gasteiger partial charge on any atom is -0.458 e. The minimum atomic E-state index is -1.22. The van der Waals surface area contributed by atoms with Crippen LogP contribution in [0.3, 0.4) is 0 Å². The lowest BCUT2D eigenvalue weighted by Crippen LogP contribution is -2.66. The number of aliphatic hydroxyl groups excluding tert-OH is 2. The van der Waals surface area contributed by atoms with Crippen molar-refractivity contribution in [2.24, 2.45) is 28.6 Å². The molecule has 3 saturated heterocycles. The van der Waals surface area contributed by atoms with E-state index >= 15 is 0 Å². The van der Waals surface area contributed by atoms with Gasteiger partial charge in [0.25, 0.3) is 0 Å². The summed E-state index contributed by atoms with van der Waals surface area (Å²) in [4.78, 5) is 26.4. The van der Waals surface area contributed by atoms with Gasteiger partial charge in [-0.25, -0.2) is 4.79 Å². The fourth-order valence-corrected chi connectivity index (χ4v) is 12.8. The number of aliphatic hydroxyl groups is 3. The van der Waals surface area contributed by atoms with Crippen molar-refractivity contribution in [1.82, 2.24) is 0 Å². The second kappa shape index (κ2) is 18.8. The molecule has 15 heteroatoms. The molecule has 0 radical (unpaired) electrons. The van der Waals surface area contributed by atoms with E-state index in [1.165, 1.54) is 12.7 Å². The molecule has 15 nitrogen and oxygen atoms in total. The fourth-order valence-electron chi connectivity index (χ4n) is 12.8. The first-order chi connectivity index (χ1) is 29.3. The Kier molecular flexibility index (Phi) is 14.6. The molecule has 0 spiro atoms. The first-order valence-corrected chi connectivity index (χ1v) is 23.0. The van der Waals surface area contributed by atoms with Crippen LogP contribution < -0.4 is 0 Å². The van der Waals surface area contributed by atoms with Crippen LogP contribution in [0, 0.1) is 28.6 Å².